The van der Waals surface area contributed by atoms with Gasteiger partial charge in [0.2, 0.25) is 5.91 Å². The molecule has 158 valence electrons. The molecule has 0 unspecified atom stereocenters. The van der Waals surface area contributed by atoms with Crippen LogP contribution in [0.15, 0.2) is 60.8 Å². The third kappa shape index (κ3) is 4.10. The maximum atomic E-state index is 12.9. The molecule has 1 N–H and O–H groups in total. The molecule has 0 radical (unpaired) electrons. The van der Waals surface area contributed by atoms with E-state index < -0.39 is 6.04 Å². The van der Waals surface area contributed by atoms with E-state index in [1.54, 1.807) is 28.8 Å². The summed E-state index contributed by atoms with van der Waals surface area (Å²) in [6.45, 7) is 1.04. The van der Waals surface area contributed by atoms with Crippen molar-refractivity contribution in [2.75, 3.05) is 16.9 Å². The van der Waals surface area contributed by atoms with E-state index in [0.29, 0.717) is 17.2 Å². The molecule has 1 fully saturated rings. The number of aryl methyl sites for hydroxylation is 2. The van der Waals surface area contributed by atoms with Crippen molar-refractivity contribution < 1.29 is 9.59 Å². The molecule has 1 aromatic heterocycles. The number of rotatable bonds is 4. The Morgan fingerprint density at radius 1 is 1.03 bits per heavy atom. The largest absolute Gasteiger partial charge is 0.334 e. The number of nitrogens with one attached hydrogen (secondary N) is 1. The molecular weight excluding hydrogens is 408 g/mol. The summed E-state index contributed by atoms with van der Waals surface area (Å²) in [7, 11) is 0. The predicted octanol–water partition coefficient (Wildman–Crippen LogP) is 4.04. The number of hydrogen-bond donors (Lipinski definition) is 1. The lowest BCUT2D eigenvalue weighted by Crippen LogP contribution is -2.44. The quantitative estimate of drug-likeness (QED) is 0.676. The van der Waals surface area contributed by atoms with E-state index in [9.17, 15) is 9.59 Å². The van der Waals surface area contributed by atoms with Crippen LogP contribution in [0.3, 0.4) is 0 Å². The third-order valence-corrected chi connectivity index (χ3v) is 6.84. The lowest BCUT2D eigenvalue weighted by Gasteiger charge is -2.23. The fraction of sp³-hybridized carbons (Fsp3) is 0.292. The van der Waals surface area contributed by atoms with Gasteiger partial charge in [-0.05, 0) is 37.1 Å². The summed E-state index contributed by atoms with van der Waals surface area (Å²) >= 11 is 1.60. The Labute approximate surface area is 185 Å². The van der Waals surface area contributed by atoms with Crippen LogP contribution in [-0.2, 0) is 17.8 Å². The minimum Gasteiger partial charge on any atom is -0.334 e. The second-order valence-electron chi connectivity index (χ2n) is 7.92. The second kappa shape index (κ2) is 8.59. The smallest absolute Gasteiger partial charge is 0.255 e. The standard InChI is InChI=1S/C24H24N4O2S/c29-23(21-15-31-16-28(21)24(30)18-6-2-1-3-7-18)25-19-11-9-17(10-12-19)20-14-27-13-5-4-8-22(27)26-20/h1-3,6-7,9-12,14,21H,4-5,8,13,15-16H2,(H,25,29)/t21-/m0/s1. The van der Waals surface area contributed by atoms with Gasteiger partial charge < -0.3 is 14.8 Å². The maximum Gasteiger partial charge on any atom is 0.255 e. The molecule has 1 atom stereocenters. The summed E-state index contributed by atoms with van der Waals surface area (Å²) in [5.41, 5.74) is 3.34. The van der Waals surface area contributed by atoms with Crippen LogP contribution in [0.5, 0.6) is 0 Å². The van der Waals surface area contributed by atoms with Gasteiger partial charge in [-0.3, -0.25) is 9.59 Å². The van der Waals surface area contributed by atoms with Crippen LogP contribution in [-0.4, -0.2) is 43.9 Å². The van der Waals surface area contributed by atoms with Gasteiger partial charge in [-0.15, -0.1) is 11.8 Å². The molecule has 6 nitrogen and oxygen atoms in total. The van der Waals surface area contributed by atoms with Crippen molar-refractivity contribution in [1.29, 1.82) is 0 Å². The van der Waals surface area contributed by atoms with Crippen molar-refractivity contribution in [2.24, 2.45) is 0 Å². The first kappa shape index (κ1) is 19.9. The summed E-state index contributed by atoms with van der Waals surface area (Å²) < 4.78 is 2.24. The zero-order chi connectivity index (χ0) is 21.2. The summed E-state index contributed by atoms with van der Waals surface area (Å²) in [5, 5.41) is 2.98. The number of carbonyl (C=O) groups is 2. The topological polar surface area (TPSA) is 67.2 Å². The molecule has 1 saturated heterocycles. The lowest BCUT2D eigenvalue weighted by atomic mass is 10.1. The highest BCUT2D eigenvalue weighted by Gasteiger charge is 2.35. The van der Waals surface area contributed by atoms with E-state index >= 15 is 0 Å². The van der Waals surface area contributed by atoms with Gasteiger partial charge in [0, 0.05) is 41.7 Å². The SMILES string of the molecule is O=C(Nc1ccc(-c2cn3c(n2)CCCC3)cc1)[C@@H]1CSCN1C(=O)c1ccccc1. The first-order valence-corrected chi connectivity index (χ1v) is 11.8. The van der Waals surface area contributed by atoms with Crippen molar-refractivity contribution in [3.8, 4) is 11.3 Å². The van der Waals surface area contributed by atoms with Crippen LogP contribution in [0.2, 0.25) is 0 Å². The van der Waals surface area contributed by atoms with E-state index in [1.807, 2.05) is 42.5 Å². The molecule has 3 aromatic rings. The Kier molecular flexibility index (Phi) is 5.51. The molecule has 7 heteroatoms. The normalized spacial score (nSPS) is 17.9. The molecular formula is C24H24N4O2S. The number of carbonyl (C=O) groups excluding carboxylic acids is 2. The Morgan fingerprint density at radius 3 is 2.61 bits per heavy atom. The summed E-state index contributed by atoms with van der Waals surface area (Å²) in [6, 6.07) is 16.4. The Morgan fingerprint density at radius 2 is 1.84 bits per heavy atom. The van der Waals surface area contributed by atoms with Gasteiger partial charge in [-0.1, -0.05) is 30.3 Å². The first-order chi connectivity index (χ1) is 15.2. The third-order valence-electron chi connectivity index (χ3n) is 5.82. The Hall–Kier alpha value is -3.06. The van der Waals surface area contributed by atoms with E-state index in [4.69, 9.17) is 4.98 Å². The van der Waals surface area contributed by atoms with Crippen molar-refractivity contribution in [3.05, 3.63) is 72.2 Å². The van der Waals surface area contributed by atoms with Crippen molar-refractivity contribution >= 4 is 29.3 Å². The maximum absolute atomic E-state index is 12.9. The van der Waals surface area contributed by atoms with E-state index in [2.05, 4.69) is 16.1 Å². The molecule has 2 aliphatic rings. The van der Waals surface area contributed by atoms with Crippen LogP contribution < -0.4 is 5.32 Å². The highest BCUT2D eigenvalue weighted by molar-refractivity contribution is 7.99. The molecule has 2 amide bonds. The van der Waals surface area contributed by atoms with Crippen LogP contribution in [0.1, 0.15) is 29.0 Å². The number of thioether (sulfide) groups is 1. The van der Waals surface area contributed by atoms with Crippen molar-refractivity contribution in [2.45, 2.75) is 31.8 Å². The van der Waals surface area contributed by atoms with Gasteiger partial charge in [0.25, 0.3) is 5.91 Å². The number of benzene rings is 2. The van der Waals surface area contributed by atoms with Gasteiger partial charge in [0.05, 0.1) is 11.6 Å². The molecule has 5 rings (SSSR count). The zero-order valence-corrected chi connectivity index (χ0v) is 18.0. The number of fused-ring (bicyclic) bond motifs is 1. The zero-order valence-electron chi connectivity index (χ0n) is 17.2. The summed E-state index contributed by atoms with van der Waals surface area (Å²) in [5.74, 6) is 2.02. The van der Waals surface area contributed by atoms with Crippen LogP contribution in [0.4, 0.5) is 5.69 Å². The van der Waals surface area contributed by atoms with E-state index in [0.717, 1.165) is 35.7 Å². The Bertz CT molecular complexity index is 1070. The monoisotopic (exact) mass is 432 g/mol. The molecule has 2 aliphatic heterocycles. The van der Waals surface area contributed by atoms with Gasteiger partial charge >= 0.3 is 0 Å². The predicted molar refractivity (Wildman–Crippen MR) is 123 cm³/mol. The van der Waals surface area contributed by atoms with E-state index in [1.165, 1.54) is 12.8 Å². The number of amides is 2. The first-order valence-electron chi connectivity index (χ1n) is 10.6. The summed E-state index contributed by atoms with van der Waals surface area (Å²) in [4.78, 5) is 32.2. The number of imidazole rings is 1. The van der Waals surface area contributed by atoms with Gasteiger partial charge in [-0.25, -0.2) is 4.98 Å². The van der Waals surface area contributed by atoms with Crippen LogP contribution in [0.25, 0.3) is 11.3 Å². The lowest BCUT2D eigenvalue weighted by molar-refractivity contribution is -0.119. The number of hydrogen-bond acceptors (Lipinski definition) is 4. The average Bonchev–Trinajstić information content (AvgIpc) is 3.47. The van der Waals surface area contributed by atoms with Gasteiger partial charge in [-0.2, -0.15) is 0 Å². The van der Waals surface area contributed by atoms with Crippen molar-refractivity contribution in [3.63, 3.8) is 0 Å². The second-order valence-corrected chi connectivity index (χ2v) is 8.92. The van der Waals surface area contributed by atoms with Gasteiger partial charge in [0.1, 0.15) is 11.9 Å². The highest BCUT2D eigenvalue weighted by Crippen LogP contribution is 2.26. The molecule has 31 heavy (non-hydrogen) atoms. The molecule has 0 aliphatic carbocycles. The average molecular weight is 433 g/mol. The highest BCUT2D eigenvalue weighted by atomic mass is 32.2. The number of aromatic nitrogens is 2. The number of nitrogens with zero attached hydrogens (tertiary/aromatic N) is 3. The molecule has 3 heterocycles. The summed E-state index contributed by atoms with van der Waals surface area (Å²) in [6.07, 6.45) is 5.55. The van der Waals surface area contributed by atoms with Crippen molar-refractivity contribution in [1.82, 2.24) is 14.5 Å². The molecule has 0 saturated carbocycles. The van der Waals surface area contributed by atoms with Crippen LogP contribution in [0, 0.1) is 0 Å². The minimum absolute atomic E-state index is 0.107. The van der Waals surface area contributed by atoms with E-state index in [-0.39, 0.29) is 11.8 Å². The number of anilines is 1. The molecule has 0 bridgehead atoms. The minimum atomic E-state index is -0.475. The van der Waals surface area contributed by atoms with Gasteiger partial charge in [0.15, 0.2) is 0 Å². The Balaban J connectivity index is 1.27. The van der Waals surface area contributed by atoms with Crippen LogP contribution >= 0.6 is 11.8 Å². The molecule has 0 spiro atoms. The molecule has 2 aromatic carbocycles. The fourth-order valence-corrected chi connectivity index (χ4v) is 5.26. The fourth-order valence-electron chi connectivity index (χ4n) is 4.11.